The van der Waals surface area contributed by atoms with Crippen LogP contribution in [0.1, 0.15) is 5.56 Å². The summed E-state index contributed by atoms with van der Waals surface area (Å²) in [6, 6.07) is 0. The smallest absolute Gasteiger partial charge is 0.239 e. The zero-order valence-electron chi connectivity index (χ0n) is 8.09. The molecule has 0 spiro atoms. The Labute approximate surface area is 77.1 Å². The summed E-state index contributed by atoms with van der Waals surface area (Å²) >= 11 is 0. The van der Waals surface area contributed by atoms with Gasteiger partial charge in [-0.3, -0.25) is 9.89 Å². The Bertz CT molecular complexity index is 292. The van der Waals surface area contributed by atoms with Crippen LogP contribution in [0, 0.1) is 6.92 Å². The first-order chi connectivity index (χ1) is 6.09. The van der Waals surface area contributed by atoms with Gasteiger partial charge in [0.2, 0.25) is 5.91 Å². The number of hydrogen-bond acceptors (Lipinski definition) is 3. The first kappa shape index (κ1) is 9.73. The summed E-state index contributed by atoms with van der Waals surface area (Å²) in [5.41, 5.74) is 0.937. The van der Waals surface area contributed by atoms with Crippen LogP contribution in [-0.2, 0) is 4.79 Å². The molecule has 1 aromatic heterocycles. The summed E-state index contributed by atoms with van der Waals surface area (Å²) in [6.07, 6.45) is 1.67. The van der Waals surface area contributed by atoms with Gasteiger partial charge in [-0.25, -0.2) is 0 Å². The van der Waals surface area contributed by atoms with Crippen LogP contribution in [0.5, 0.6) is 0 Å². The highest BCUT2D eigenvalue weighted by molar-refractivity contribution is 5.91. The van der Waals surface area contributed by atoms with Gasteiger partial charge in [-0.15, -0.1) is 0 Å². The lowest BCUT2D eigenvalue weighted by molar-refractivity contribution is -0.116. The summed E-state index contributed by atoms with van der Waals surface area (Å²) in [4.78, 5) is 13.1. The highest BCUT2D eigenvalue weighted by Gasteiger charge is 2.06. The zero-order valence-corrected chi connectivity index (χ0v) is 8.09. The highest BCUT2D eigenvalue weighted by Crippen LogP contribution is 2.07. The van der Waals surface area contributed by atoms with Crippen molar-refractivity contribution in [3.8, 4) is 0 Å². The van der Waals surface area contributed by atoms with Gasteiger partial charge in [0.15, 0.2) is 0 Å². The molecule has 2 N–H and O–H groups in total. The van der Waals surface area contributed by atoms with Crippen LogP contribution in [0.3, 0.4) is 0 Å². The van der Waals surface area contributed by atoms with Crippen molar-refractivity contribution in [2.75, 3.05) is 26.0 Å². The molecular weight excluding hydrogens is 168 g/mol. The monoisotopic (exact) mass is 182 g/mol. The highest BCUT2D eigenvalue weighted by atomic mass is 16.2. The number of carbonyl (C=O) groups is 1. The van der Waals surface area contributed by atoms with E-state index in [0.29, 0.717) is 12.4 Å². The van der Waals surface area contributed by atoms with Gasteiger partial charge in [0.1, 0.15) is 5.82 Å². The normalized spacial score (nSPS) is 10.5. The Morgan fingerprint density at radius 2 is 2.38 bits per heavy atom. The van der Waals surface area contributed by atoms with E-state index in [9.17, 15) is 4.79 Å². The van der Waals surface area contributed by atoms with Crippen molar-refractivity contribution in [2.24, 2.45) is 0 Å². The maximum Gasteiger partial charge on any atom is 0.239 e. The first-order valence-electron chi connectivity index (χ1n) is 4.04. The third-order valence-electron chi connectivity index (χ3n) is 1.55. The number of nitrogens with one attached hydrogen (secondary N) is 2. The average molecular weight is 182 g/mol. The number of amides is 1. The van der Waals surface area contributed by atoms with Crippen LogP contribution >= 0.6 is 0 Å². The van der Waals surface area contributed by atoms with Crippen molar-refractivity contribution >= 4 is 11.7 Å². The number of carbonyl (C=O) groups excluding carboxylic acids is 1. The molecule has 0 saturated carbocycles. The van der Waals surface area contributed by atoms with Crippen LogP contribution in [-0.4, -0.2) is 41.6 Å². The maximum absolute atomic E-state index is 11.3. The number of hydrogen-bond donors (Lipinski definition) is 2. The van der Waals surface area contributed by atoms with E-state index in [1.807, 2.05) is 21.0 Å². The van der Waals surface area contributed by atoms with E-state index in [1.54, 1.807) is 11.1 Å². The second-order valence-corrected chi connectivity index (χ2v) is 3.21. The number of aromatic nitrogens is 2. The number of nitrogens with zero attached hydrogens (tertiary/aromatic N) is 2. The van der Waals surface area contributed by atoms with Crippen LogP contribution in [0.2, 0.25) is 0 Å². The molecule has 0 unspecified atom stereocenters. The SMILES string of the molecule is Cc1cn[nH]c1NC(=O)CN(C)C. The minimum Gasteiger partial charge on any atom is -0.310 e. The second-order valence-electron chi connectivity index (χ2n) is 3.21. The molecular formula is C8H14N4O. The topological polar surface area (TPSA) is 61.0 Å². The lowest BCUT2D eigenvalue weighted by Gasteiger charge is -2.08. The molecule has 0 saturated heterocycles. The fourth-order valence-corrected chi connectivity index (χ4v) is 0.939. The summed E-state index contributed by atoms with van der Waals surface area (Å²) < 4.78 is 0. The minimum atomic E-state index is -0.0441. The van der Waals surface area contributed by atoms with Gasteiger partial charge in [0.25, 0.3) is 0 Å². The van der Waals surface area contributed by atoms with Crippen molar-refractivity contribution in [3.05, 3.63) is 11.8 Å². The summed E-state index contributed by atoms with van der Waals surface area (Å²) in [7, 11) is 3.69. The molecule has 0 fully saturated rings. The molecule has 72 valence electrons. The largest absolute Gasteiger partial charge is 0.310 e. The Hall–Kier alpha value is -1.36. The predicted octanol–water partition coefficient (Wildman–Crippen LogP) is 0.218. The fraction of sp³-hybridized carbons (Fsp3) is 0.500. The molecule has 0 aliphatic rings. The fourth-order valence-electron chi connectivity index (χ4n) is 0.939. The molecule has 0 bridgehead atoms. The Morgan fingerprint density at radius 3 is 2.85 bits per heavy atom. The lowest BCUT2D eigenvalue weighted by Crippen LogP contribution is -2.27. The van der Waals surface area contributed by atoms with Gasteiger partial charge in [0.05, 0.1) is 12.7 Å². The Balaban J connectivity index is 2.50. The molecule has 1 aromatic rings. The number of anilines is 1. The third kappa shape index (κ3) is 2.87. The molecule has 0 aliphatic carbocycles. The standard InChI is InChI=1S/C8H14N4O/c1-6-4-9-11-8(6)10-7(13)5-12(2)3/h4H,5H2,1-3H3,(H2,9,10,11,13). The Morgan fingerprint density at radius 1 is 1.69 bits per heavy atom. The average Bonchev–Trinajstić information content (AvgIpc) is 2.34. The number of rotatable bonds is 3. The van der Waals surface area contributed by atoms with Crippen molar-refractivity contribution < 1.29 is 4.79 Å². The van der Waals surface area contributed by atoms with E-state index in [2.05, 4.69) is 15.5 Å². The molecule has 1 heterocycles. The third-order valence-corrected chi connectivity index (χ3v) is 1.55. The van der Waals surface area contributed by atoms with Gasteiger partial charge < -0.3 is 10.2 Å². The molecule has 0 radical (unpaired) electrons. The second kappa shape index (κ2) is 4.04. The molecule has 0 atom stereocenters. The van der Waals surface area contributed by atoms with Crippen LogP contribution in [0.25, 0.3) is 0 Å². The van der Waals surface area contributed by atoms with Crippen LogP contribution in [0.4, 0.5) is 5.82 Å². The molecule has 5 nitrogen and oxygen atoms in total. The van der Waals surface area contributed by atoms with Crippen molar-refractivity contribution in [1.82, 2.24) is 15.1 Å². The summed E-state index contributed by atoms with van der Waals surface area (Å²) in [5, 5.41) is 9.23. The van der Waals surface area contributed by atoms with Gasteiger partial charge >= 0.3 is 0 Å². The molecule has 0 aromatic carbocycles. The van der Waals surface area contributed by atoms with Crippen molar-refractivity contribution in [1.29, 1.82) is 0 Å². The molecule has 5 heteroatoms. The summed E-state index contributed by atoms with van der Waals surface area (Å²) in [5.74, 6) is 0.629. The number of likely N-dealkylation sites (N-methyl/N-ethyl adjacent to an activating group) is 1. The number of aryl methyl sites for hydroxylation is 1. The summed E-state index contributed by atoms with van der Waals surface area (Å²) in [6.45, 7) is 2.26. The predicted molar refractivity (Wildman–Crippen MR) is 50.5 cm³/mol. The van der Waals surface area contributed by atoms with Crippen LogP contribution in [0.15, 0.2) is 6.20 Å². The van der Waals surface area contributed by atoms with E-state index < -0.39 is 0 Å². The van der Waals surface area contributed by atoms with Gasteiger partial charge in [-0.05, 0) is 21.0 Å². The zero-order chi connectivity index (χ0) is 9.84. The van der Waals surface area contributed by atoms with E-state index in [1.165, 1.54) is 0 Å². The first-order valence-corrected chi connectivity index (χ1v) is 4.04. The van der Waals surface area contributed by atoms with Gasteiger partial charge in [0, 0.05) is 5.56 Å². The number of H-pyrrole nitrogens is 1. The van der Waals surface area contributed by atoms with Gasteiger partial charge in [-0.1, -0.05) is 0 Å². The lowest BCUT2D eigenvalue weighted by atomic mass is 10.4. The Kier molecular flexibility index (Phi) is 3.02. The quantitative estimate of drug-likeness (QED) is 0.703. The minimum absolute atomic E-state index is 0.0441. The number of aromatic amines is 1. The van der Waals surface area contributed by atoms with E-state index in [-0.39, 0.29) is 5.91 Å². The van der Waals surface area contributed by atoms with Gasteiger partial charge in [-0.2, -0.15) is 5.10 Å². The van der Waals surface area contributed by atoms with Crippen molar-refractivity contribution in [2.45, 2.75) is 6.92 Å². The van der Waals surface area contributed by atoms with E-state index >= 15 is 0 Å². The molecule has 1 amide bonds. The van der Waals surface area contributed by atoms with Crippen molar-refractivity contribution in [3.63, 3.8) is 0 Å². The maximum atomic E-state index is 11.3. The molecule has 0 aliphatic heterocycles. The van der Waals surface area contributed by atoms with Crippen LogP contribution < -0.4 is 5.32 Å². The molecule has 1 rings (SSSR count). The van der Waals surface area contributed by atoms with E-state index in [0.717, 1.165) is 5.56 Å². The van der Waals surface area contributed by atoms with E-state index in [4.69, 9.17) is 0 Å². The molecule has 13 heavy (non-hydrogen) atoms.